The Morgan fingerprint density at radius 3 is 0.694 bits per heavy atom. The molecular formula is C33H64O16. The van der Waals surface area contributed by atoms with Crippen molar-refractivity contribution < 1.29 is 75.9 Å². The number of rotatable bonds is 39. The van der Waals surface area contributed by atoms with Crippen LogP contribution >= 0.6 is 0 Å². The van der Waals surface area contributed by atoms with Gasteiger partial charge in [0, 0.05) is 0 Å². The van der Waals surface area contributed by atoms with Gasteiger partial charge in [0.2, 0.25) is 0 Å². The predicted molar refractivity (Wildman–Crippen MR) is 177 cm³/mol. The van der Waals surface area contributed by atoms with E-state index >= 15 is 0 Å². The van der Waals surface area contributed by atoms with Crippen molar-refractivity contribution in [2.75, 3.05) is 166 Å². The minimum Gasteiger partial charge on any atom is -0.469 e. The van der Waals surface area contributed by atoms with E-state index in [2.05, 4.69) is 4.74 Å². The molecule has 0 aromatic carbocycles. The quantitative estimate of drug-likeness (QED) is 0.0663. The molecule has 0 radical (unpaired) electrons. The lowest BCUT2D eigenvalue weighted by atomic mass is 10.2. The first kappa shape index (κ1) is 47.5. The number of carbonyl (C=O) groups excluding carboxylic acids is 2. The van der Waals surface area contributed by atoms with Crippen LogP contribution in [0.2, 0.25) is 0 Å². The van der Waals surface area contributed by atoms with Crippen LogP contribution in [0.1, 0.15) is 33.6 Å². The molecule has 292 valence electrons. The van der Waals surface area contributed by atoms with Gasteiger partial charge in [0.1, 0.15) is 5.60 Å². The topological polar surface area (TPSA) is 163 Å². The standard InChI is InChI=1S/C33H64O16/c1-33(2,3)49-32(35)6-8-38-10-12-40-14-16-42-18-20-44-22-24-46-26-28-48-30-29-47-27-25-45-23-21-43-19-17-41-15-13-39-11-9-37-7-5-31(34)36-4/h5-30H2,1-4H3. The van der Waals surface area contributed by atoms with Crippen LogP contribution in [0.25, 0.3) is 0 Å². The van der Waals surface area contributed by atoms with E-state index in [0.717, 1.165) is 0 Å². The van der Waals surface area contributed by atoms with Crippen LogP contribution in [0, 0.1) is 0 Å². The van der Waals surface area contributed by atoms with Crippen molar-refractivity contribution in [1.82, 2.24) is 0 Å². The highest BCUT2D eigenvalue weighted by Crippen LogP contribution is 2.08. The van der Waals surface area contributed by atoms with Crippen molar-refractivity contribution >= 4 is 11.9 Å². The van der Waals surface area contributed by atoms with Crippen LogP contribution in [0.5, 0.6) is 0 Å². The smallest absolute Gasteiger partial charge is 0.308 e. The van der Waals surface area contributed by atoms with Crippen molar-refractivity contribution in [1.29, 1.82) is 0 Å². The van der Waals surface area contributed by atoms with Crippen LogP contribution in [-0.2, 0) is 75.9 Å². The van der Waals surface area contributed by atoms with Gasteiger partial charge in [-0.15, -0.1) is 0 Å². The average molecular weight is 717 g/mol. The summed E-state index contributed by atoms with van der Waals surface area (Å²) < 4.78 is 74.8. The lowest BCUT2D eigenvalue weighted by molar-refractivity contribution is -0.156. The molecule has 16 heteroatoms. The number of ether oxygens (including phenoxy) is 14. The fourth-order valence-corrected chi connectivity index (χ4v) is 3.33. The van der Waals surface area contributed by atoms with Crippen LogP contribution in [-0.4, -0.2) is 183 Å². The Morgan fingerprint density at radius 1 is 0.327 bits per heavy atom. The van der Waals surface area contributed by atoms with Crippen molar-refractivity contribution in [3.63, 3.8) is 0 Å². The monoisotopic (exact) mass is 716 g/mol. The average Bonchev–Trinajstić information content (AvgIpc) is 3.06. The number of carbonyl (C=O) groups is 2. The second-order valence-electron chi connectivity index (χ2n) is 11.0. The molecule has 0 rings (SSSR count). The Hall–Kier alpha value is -1.54. The van der Waals surface area contributed by atoms with Crippen molar-refractivity contribution in [3.05, 3.63) is 0 Å². The number of hydrogen-bond acceptors (Lipinski definition) is 16. The summed E-state index contributed by atoms with van der Waals surface area (Å²) in [6.45, 7) is 16.5. The second kappa shape index (κ2) is 37.7. The van der Waals surface area contributed by atoms with Crippen molar-refractivity contribution in [2.24, 2.45) is 0 Å². The summed E-state index contributed by atoms with van der Waals surface area (Å²) in [5.74, 6) is -0.558. The summed E-state index contributed by atoms with van der Waals surface area (Å²) in [6.07, 6.45) is 0.468. The van der Waals surface area contributed by atoms with Gasteiger partial charge in [-0.05, 0) is 20.8 Å². The highest BCUT2D eigenvalue weighted by Gasteiger charge is 2.15. The van der Waals surface area contributed by atoms with Crippen LogP contribution in [0.15, 0.2) is 0 Å². The number of esters is 2. The Kier molecular flexibility index (Phi) is 36.5. The van der Waals surface area contributed by atoms with Gasteiger partial charge >= 0.3 is 11.9 Å². The van der Waals surface area contributed by atoms with E-state index in [0.29, 0.717) is 159 Å². The van der Waals surface area contributed by atoms with E-state index in [1.165, 1.54) is 7.11 Å². The molecule has 0 aliphatic heterocycles. The normalized spacial score (nSPS) is 11.7. The summed E-state index contributed by atoms with van der Waals surface area (Å²) in [5, 5.41) is 0. The van der Waals surface area contributed by atoms with Gasteiger partial charge < -0.3 is 66.3 Å². The fourth-order valence-electron chi connectivity index (χ4n) is 3.33. The molecule has 0 N–H and O–H groups in total. The Morgan fingerprint density at radius 2 is 0.510 bits per heavy atom. The molecule has 0 amide bonds. The molecule has 49 heavy (non-hydrogen) atoms. The van der Waals surface area contributed by atoms with Crippen LogP contribution in [0.3, 0.4) is 0 Å². The Labute approximate surface area is 292 Å². The van der Waals surface area contributed by atoms with E-state index in [1.54, 1.807) is 0 Å². The van der Waals surface area contributed by atoms with Gasteiger partial charge in [-0.2, -0.15) is 0 Å². The van der Waals surface area contributed by atoms with Crippen molar-refractivity contribution in [2.45, 2.75) is 39.2 Å². The summed E-state index contributed by atoms with van der Waals surface area (Å²) in [7, 11) is 1.35. The van der Waals surface area contributed by atoms with Crippen LogP contribution in [0.4, 0.5) is 0 Å². The van der Waals surface area contributed by atoms with Gasteiger partial charge in [-0.3, -0.25) is 9.59 Å². The molecule has 0 fully saturated rings. The maximum atomic E-state index is 11.6. The molecule has 0 aromatic rings. The lowest BCUT2D eigenvalue weighted by Gasteiger charge is -2.19. The van der Waals surface area contributed by atoms with E-state index in [1.807, 2.05) is 20.8 Å². The van der Waals surface area contributed by atoms with Gasteiger partial charge in [0.25, 0.3) is 0 Å². The van der Waals surface area contributed by atoms with Crippen molar-refractivity contribution in [3.8, 4) is 0 Å². The zero-order chi connectivity index (χ0) is 35.9. The minimum absolute atomic E-state index is 0.228. The summed E-state index contributed by atoms with van der Waals surface area (Å²) >= 11 is 0. The molecule has 0 spiro atoms. The van der Waals surface area contributed by atoms with Gasteiger partial charge in [-0.1, -0.05) is 0 Å². The molecular weight excluding hydrogens is 652 g/mol. The van der Waals surface area contributed by atoms with Gasteiger partial charge in [0.15, 0.2) is 0 Å². The molecule has 16 nitrogen and oxygen atoms in total. The molecule has 0 aliphatic rings. The fraction of sp³-hybridized carbons (Fsp3) is 0.939. The first-order valence-electron chi connectivity index (χ1n) is 17.1. The molecule has 0 saturated heterocycles. The number of hydrogen-bond donors (Lipinski definition) is 0. The van der Waals surface area contributed by atoms with Gasteiger partial charge in [0.05, 0.1) is 179 Å². The third-order valence-electron chi connectivity index (χ3n) is 5.64. The highest BCUT2D eigenvalue weighted by atomic mass is 16.6. The highest BCUT2D eigenvalue weighted by molar-refractivity contribution is 5.70. The first-order valence-corrected chi connectivity index (χ1v) is 17.1. The molecule has 0 unspecified atom stereocenters. The molecule has 0 heterocycles. The third kappa shape index (κ3) is 42.5. The second-order valence-corrected chi connectivity index (χ2v) is 11.0. The largest absolute Gasteiger partial charge is 0.469 e. The first-order chi connectivity index (χ1) is 23.8. The van der Waals surface area contributed by atoms with Crippen LogP contribution < -0.4 is 0 Å². The van der Waals surface area contributed by atoms with E-state index in [-0.39, 0.29) is 24.8 Å². The SMILES string of the molecule is COC(=O)CCOCCOCCOCCOCCOCCOCCOCCOCCOCCOCCOCCOCCC(=O)OC(C)(C)C. The molecule has 0 atom stereocenters. The summed E-state index contributed by atoms with van der Waals surface area (Å²) in [4.78, 5) is 22.5. The summed E-state index contributed by atoms with van der Waals surface area (Å²) in [6, 6.07) is 0. The molecule has 0 aliphatic carbocycles. The maximum absolute atomic E-state index is 11.6. The van der Waals surface area contributed by atoms with E-state index in [9.17, 15) is 9.59 Å². The lowest BCUT2D eigenvalue weighted by Crippen LogP contribution is -2.24. The zero-order valence-corrected chi connectivity index (χ0v) is 30.4. The van der Waals surface area contributed by atoms with E-state index < -0.39 is 5.60 Å². The van der Waals surface area contributed by atoms with Gasteiger partial charge in [-0.25, -0.2) is 0 Å². The third-order valence-corrected chi connectivity index (χ3v) is 5.64. The molecule has 0 bridgehead atoms. The molecule has 0 saturated carbocycles. The predicted octanol–water partition coefficient (Wildman–Crippen LogP) is 1.48. The maximum Gasteiger partial charge on any atom is 0.308 e. The summed E-state index contributed by atoms with van der Waals surface area (Å²) in [5.41, 5.74) is -0.477. The van der Waals surface area contributed by atoms with E-state index in [4.69, 9.17) is 61.6 Å². The minimum atomic E-state index is -0.477. The zero-order valence-electron chi connectivity index (χ0n) is 30.4. The molecule has 0 aromatic heterocycles. The Bertz CT molecular complexity index is 707. The Balaban J connectivity index is 3.10. The number of methoxy groups -OCH3 is 1.